The number of carbonyl (C=O) groups excluding carboxylic acids is 1. The second kappa shape index (κ2) is 8.37. The molecular formula is C24H20N2O2S. The number of aryl methyl sites for hydroxylation is 1. The van der Waals surface area contributed by atoms with Gasteiger partial charge < -0.3 is 5.11 Å². The molecular weight excluding hydrogens is 380 g/mol. The number of hydrogen-bond acceptors (Lipinski definition) is 4. The highest BCUT2D eigenvalue weighted by molar-refractivity contribution is 8.18. The summed E-state index contributed by atoms with van der Waals surface area (Å²) in [5.41, 5.74) is 3.78. The summed E-state index contributed by atoms with van der Waals surface area (Å²) >= 11 is 1.35. The number of aromatic hydroxyl groups is 1. The minimum atomic E-state index is -0.0898. The van der Waals surface area contributed by atoms with Gasteiger partial charge in [-0.05, 0) is 60.2 Å². The molecule has 0 atom stereocenters. The Morgan fingerprint density at radius 1 is 1.00 bits per heavy atom. The molecule has 0 unspecified atom stereocenters. The second-order valence-corrected chi connectivity index (χ2v) is 7.82. The zero-order valence-electron chi connectivity index (χ0n) is 15.9. The fourth-order valence-electron chi connectivity index (χ4n) is 2.99. The number of carbonyl (C=O) groups is 1. The zero-order chi connectivity index (χ0) is 20.2. The average Bonchev–Trinajstić information content (AvgIpc) is 2.99. The Labute approximate surface area is 174 Å². The summed E-state index contributed by atoms with van der Waals surface area (Å²) in [7, 11) is 0. The van der Waals surface area contributed by atoms with Crippen LogP contribution in [0.15, 0.2) is 88.8 Å². The summed E-state index contributed by atoms with van der Waals surface area (Å²) < 4.78 is 0. The first kappa shape index (κ1) is 19.0. The minimum Gasteiger partial charge on any atom is -0.508 e. The van der Waals surface area contributed by atoms with Crippen LogP contribution >= 0.6 is 11.8 Å². The van der Waals surface area contributed by atoms with Crippen molar-refractivity contribution in [2.24, 2.45) is 4.99 Å². The molecule has 3 aromatic rings. The summed E-state index contributed by atoms with van der Waals surface area (Å²) in [5, 5.41) is 10.4. The fraction of sp³-hybridized carbons (Fsp3) is 0.0833. The van der Waals surface area contributed by atoms with Crippen LogP contribution in [0.25, 0.3) is 6.08 Å². The predicted molar refractivity (Wildman–Crippen MR) is 119 cm³/mol. The van der Waals surface area contributed by atoms with Gasteiger partial charge in [0.15, 0.2) is 5.17 Å². The number of amides is 1. The Bertz CT molecular complexity index is 1090. The van der Waals surface area contributed by atoms with Gasteiger partial charge in [-0.2, -0.15) is 0 Å². The zero-order valence-corrected chi connectivity index (χ0v) is 16.8. The average molecular weight is 401 g/mol. The van der Waals surface area contributed by atoms with Crippen molar-refractivity contribution in [2.75, 3.05) is 0 Å². The number of thioether (sulfide) groups is 1. The summed E-state index contributed by atoms with van der Waals surface area (Å²) in [6.07, 6.45) is 1.79. The molecule has 29 heavy (non-hydrogen) atoms. The van der Waals surface area contributed by atoms with Gasteiger partial charge in [0, 0.05) is 0 Å². The number of hydrogen-bond donors (Lipinski definition) is 1. The van der Waals surface area contributed by atoms with Crippen molar-refractivity contribution in [1.29, 1.82) is 0 Å². The van der Waals surface area contributed by atoms with Crippen LogP contribution in [0.3, 0.4) is 0 Å². The number of benzene rings is 3. The molecule has 1 saturated heterocycles. The van der Waals surface area contributed by atoms with Gasteiger partial charge in [0.1, 0.15) is 5.75 Å². The van der Waals surface area contributed by atoms with E-state index in [4.69, 9.17) is 4.99 Å². The van der Waals surface area contributed by atoms with Gasteiger partial charge in [-0.25, -0.2) is 4.99 Å². The van der Waals surface area contributed by atoms with Crippen molar-refractivity contribution in [3.05, 3.63) is 100 Å². The third-order valence-corrected chi connectivity index (χ3v) is 5.50. The van der Waals surface area contributed by atoms with Crippen molar-refractivity contribution in [3.8, 4) is 5.75 Å². The highest BCUT2D eigenvalue weighted by Crippen LogP contribution is 2.35. The Hall–Kier alpha value is -3.31. The summed E-state index contributed by atoms with van der Waals surface area (Å²) in [6.45, 7) is 2.48. The molecule has 0 spiro atoms. The van der Waals surface area contributed by atoms with E-state index in [0.717, 1.165) is 22.4 Å². The van der Waals surface area contributed by atoms with Crippen LogP contribution in [0.2, 0.25) is 0 Å². The molecule has 0 saturated carbocycles. The van der Waals surface area contributed by atoms with Gasteiger partial charge >= 0.3 is 0 Å². The molecule has 1 N–H and O–H groups in total. The summed E-state index contributed by atoms with van der Waals surface area (Å²) in [6, 6.07) is 24.6. The maximum atomic E-state index is 13.1. The van der Waals surface area contributed by atoms with Crippen molar-refractivity contribution in [3.63, 3.8) is 0 Å². The first-order chi connectivity index (χ1) is 14.1. The van der Waals surface area contributed by atoms with Crippen LogP contribution in [0.4, 0.5) is 5.69 Å². The van der Waals surface area contributed by atoms with E-state index in [1.54, 1.807) is 29.2 Å². The van der Waals surface area contributed by atoms with Gasteiger partial charge in [0.05, 0.1) is 17.1 Å². The van der Waals surface area contributed by atoms with E-state index in [9.17, 15) is 9.90 Å². The van der Waals surface area contributed by atoms with E-state index in [1.165, 1.54) is 11.8 Å². The molecule has 1 amide bonds. The SMILES string of the molecule is Cc1ccc(N=C2S/C(=C/c3cccc(O)c3)C(=O)N2Cc2ccccc2)cc1. The molecule has 1 aliphatic rings. The van der Waals surface area contributed by atoms with E-state index in [-0.39, 0.29) is 11.7 Å². The van der Waals surface area contributed by atoms with Gasteiger partial charge in [-0.1, -0.05) is 60.2 Å². The number of phenolic OH excluding ortho intramolecular Hbond substituents is 1. The summed E-state index contributed by atoms with van der Waals surface area (Å²) in [4.78, 5) is 20.2. The predicted octanol–water partition coefficient (Wildman–Crippen LogP) is 5.50. The van der Waals surface area contributed by atoms with E-state index < -0.39 is 0 Å². The van der Waals surface area contributed by atoms with Crippen LogP contribution < -0.4 is 0 Å². The third-order valence-electron chi connectivity index (χ3n) is 4.50. The Morgan fingerprint density at radius 2 is 1.76 bits per heavy atom. The normalized spacial score (nSPS) is 16.7. The van der Waals surface area contributed by atoms with E-state index in [2.05, 4.69) is 0 Å². The third kappa shape index (κ3) is 4.58. The lowest BCUT2D eigenvalue weighted by Gasteiger charge is -2.15. The number of phenols is 1. The largest absolute Gasteiger partial charge is 0.508 e. The van der Waals surface area contributed by atoms with Crippen molar-refractivity contribution in [2.45, 2.75) is 13.5 Å². The van der Waals surface area contributed by atoms with Crippen molar-refractivity contribution < 1.29 is 9.90 Å². The lowest BCUT2D eigenvalue weighted by atomic mass is 10.2. The summed E-state index contributed by atoms with van der Waals surface area (Å²) in [5.74, 6) is 0.0811. The van der Waals surface area contributed by atoms with E-state index in [0.29, 0.717) is 16.6 Å². The number of nitrogens with zero attached hydrogens (tertiary/aromatic N) is 2. The quantitative estimate of drug-likeness (QED) is 0.588. The molecule has 0 radical (unpaired) electrons. The highest BCUT2D eigenvalue weighted by atomic mass is 32.2. The molecule has 5 heteroatoms. The first-order valence-electron chi connectivity index (χ1n) is 9.28. The molecule has 144 valence electrons. The van der Waals surface area contributed by atoms with Crippen LogP contribution in [-0.2, 0) is 11.3 Å². The lowest BCUT2D eigenvalue weighted by Crippen LogP contribution is -2.28. The van der Waals surface area contributed by atoms with Crippen LogP contribution in [0, 0.1) is 6.92 Å². The van der Waals surface area contributed by atoms with E-state index >= 15 is 0 Å². The van der Waals surface area contributed by atoms with Gasteiger partial charge in [0.2, 0.25) is 0 Å². The topological polar surface area (TPSA) is 52.9 Å². The molecule has 1 fully saturated rings. The maximum absolute atomic E-state index is 13.1. The van der Waals surface area contributed by atoms with Gasteiger partial charge in [0.25, 0.3) is 5.91 Å². The van der Waals surface area contributed by atoms with Crippen LogP contribution in [0.1, 0.15) is 16.7 Å². The molecule has 0 aliphatic carbocycles. The Morgan fingerprint density at radius 3 is 2.48 bits per heavy atom. The van der Waals surface area contributed by atoms with Gasteiger partial charge in [-0.15, -0.1) is 0 Å². The molecule has 4 rings (SSSR count). The van der Waals surface area contributed by atoms with E-state index in [1.807, 2.05) is 67.6 Å². The number of amidine groups is 1. The standard InChI is InChI=1S/C24H20N2O2S/c1-17-10-12-20(13-11-17)25-24-26(16-18-6-3-2-4-7-18)23(28)22(29-24)15-19-8-5-9-21(27)14-19/h2-15,27H,16H2,1H3/b22-15+,25-24?. The van der Waals surface area contributed by atoms with Crippen molar-refractivity contribution >= 4 is 34.6 Å². The number of aliphatic imine (C=N–C) groups is 1. The molecule has 1 heterocycles. The van der Waals surface area contributed by atoms with Crippen molar-refractivity contribution in [1.82, 2.24) is 4.90 Å². The van der Waals surface area contributed by atoms with Gasteiger partial charge in [-0.3, -0.25) is 9.69 Å². The first-order valence-corrected chi connectivity index (χ1v) is 10.1. The molecule has 4 nitrogen and oxygen atoms in total. The Kier molecular flexibility index (Phi) is 5.49. The second-order valence-electron chi connectivity index (χ2n) is 6.81. The fourth-order valence-corrected chi connectivity index (χ4v) is 3.99. The smallest absolute Gasteiger partial charge is 0.267 e. The molecule has 0 bridgehead atoms. The maximum Gasteiger partial charge on any atom is 0.267 e. The molecule has 0 aromatic heterocycles. The number of rotatable bonds is 4. The van der Waals surface area contributed by atoms with Crippen LogP contribution in [0.5, 0.6) is 5.75 Å². The minimum absolute atomic E-state index is 0.0898. The molecule has 1 aliphatic heterocycles. The molecule has 3 aromatic carbocycles. The van der Waals surface area contributed by atoms with Crippen LogP contribution in [-0.4, -0.2) is 21.1 Å². The highest BCUT2D eigenvalue weighted by Gasteiger charge is 2.33. The monoisotopic (exact) mass is 400 g/mol. The lowest BCUT2D eigenvalue weighted by molar-refractivity contribution is -0.122. The Balaban J connectivity index is 1.70.